The van der Waals surface area contributed by atoms with Crippen LogP contribution in [0, 0.1) is 0 Å². The Bertz CT molecular complexity index is 259. The molecule has 0 aromatic heterocycles. The Morgan fingerprint density at radius 1 is 1.58 bits per heavy atom. The SMILES string of the molecule is C=CC=C1COC(=O)C(=CC)C1. The molecule has 0 aromatic rings. The van der Waals surface area contributed by atoms with Gasteiger partial charge >= 0.3 is 5.97 Å². The van der Waals surface area contributed by atoms with Crippen molar-refractivity contribution in [2.75, 3.05) is 6.61 Å². The Morgan fingerprint density at radius 3 is 2.92 bits per heavy atom. The van der Waals surface area contributed by atoms with E-state index in [2.05, 4.69) is 6.58 Å². The van der Waals surface area contributed by atoms with E-state index in [1.807, 2.05) is 13.0 Å². The first-order valence-electron chi connectivity index (χ1n) is 3.90. The van der Waals surface area contributed by atoms with Crippen LogP contribution in [0.25, 0.3) is 0 Å². The summed E-state index contributed by atoms with van der Waals surface area (Å²) in [4.78, 5) is 11.0. The van der Waals surface area contributed by atoms with Crippen molar-refractivity contribution in [1.29, 1.82) is 0 Å². The molecule has 1 aliphatic rings. The maximum absolute atomic E-state index is 11.0. The van der Waals surface area contributed by atoms with Crippen molar-refractivity contribution in [2.24, 2.45) is 0 Å². The van der Waals surface area contributed by atoms with Crippen molar-refractivity contribution in [3.05, 3.63) is 36.0 Å². The van der Waals surface area contributed by atoms with Gasteiger partial charge in [0.1, 0.15) is 6.61 Å². The molecule has 0 spiro atoms. The van der Waals surface area contributed by atoms with E-state index in [9.17, 15) is 4.79 Å². The summed E-state index contributed by atoms with van der Waals surface area (Å²) in [5.74, 6) is -0.196. The van der Waals surface area contributed by atoms with Gasteiger partial charge in [-0.1, -0.05) is 24.8 Å². The second-order valence-electron chi connectivity index (χ2n) is 2.63. The Balaban J connectivity index is 2.75. The van der Waals surface area contributed by atoms with Gasteiger partial charge in [-0.05, 0) is 12.5 Å². The second kappa shape index (κ2) is 3.90. The first kappa shape index (κ1) is 8.78. The van der Waals surface area contributed by atoms with Crippen LogP contribution >= 0.6 is 0 Å². The van der Waals surface area contributed by atoms with Gasteiger partial charge in [0.05, 0.1) is 0 Å². The molecule has 0 radical (unpaired) electrons. The number of allylic oxidation sites excluding steroid dienone is 3. The quantitative estimate of drug-likeness (QED) is 0.437. The molecule has 64 valence electrons. The second-order valence-corrected chi connectivity index (χ2v) is 2.63. The fourth-order valence-electron chi connectivity index (χ4n) is 1.11. The largest absolute Gasteiger partial charge is 0.458 e. The molecule has 0 bridgehead atoms. The molecule has 0 atom stereocenters. The molecule has 1 saturated heterocycles. The average Bonchev–Trinajstić information content (AvgIpc) is 2.09. The van der Waals surface area contributed by atoms with E-state index in [1.165, 1.54) is 0 Å². The van der Waals surface area contributed by atoms with Crippen LogP contribution in [0.3, 0.4) is 0 Å². The van der Waals surface area contributed by atoms with Crippen molar-refractivity contribution >= 4 is 5.97 Å². The van der Waals surface area contributed by atoms with Gasteiger partial charge in [0.25, 0.3) is 0 Å². The molecule has 0 amide bonds. The van der Waals surface area contributed by atoms with Crippen molar-refractivity contribution in [1.82, 2.24) is 0 Å². The summed E-state index contributed by atoms with van der Waals surface area (Å²) in [6.07, 6.45) is 6.08. The summed E-state index contributed by atoms with van der Waals surface area (Å²) in [5.41, 5.74) is 1.83. The first-order chi connectivity index (χ1) is 5.77. The standard InChI is InChI=1S/C10H12O2/c1-3-5-8-6-9(4-2)10(11)12-7-8/h3-5H,1,6-7H2,2H3. The van der Waals surface area contributed by atoms with Gasteiger partial charge in [-0.25, -0.2) is 4.79 Å². The van der Waals surface area contributed by atoms with Crippen LogP contribution in [-0.4, -0.2) is 12.6 Å². The summed E-state index contributed by atoms with van der Waals surface area (Å²) < 4.78 is 4.92. The van der Waals surface area contributed by atoms with Crippen LogP contribution < -0.4 is 0 Å². The summed E-state index contributed by atoms with van der Waals surface area (Å²) in [5, 5.41) is 0. The highest BCUT2D eigenvalue weighted by atomic mass is 16.5. The third-order valence-electron chi connectivity index (χ3n) is 1.77. The summed E-state index contributed by atoms with van der Waals surface area (Å²) in [6.45, 7) is 5.83. The number of carbonyl (C=O) groups is 1. The summed E-state index contributed by atoms with van der Waals surface area (Å²) >= 11 is 0. The number of hydrogen-bond acceptors (Lipinski definition) is 2. The van der Waals surface area contributed by atoms with Crippen molar-refractivity contribution in [3.63, 3.8) is 0 Å². The Morgan fingerprint density at radius 2 is 2.33 bits per heavy atom. The number of hydrogen-bond donors (Lipinski definition) is 0. The van der Waals surface area contributed by atoms with Gasteiger partial charge < -0.3 is 4.74 Å². The molecular weight excluding hydrogens is 152 g/mol. The normalized spacial score (nSPS) is 24.2. The molecular formula is C10H12O2. The van der Waals surface area contributed by atoms with Crippen molar-refractivity contribution in [3.8, 4) is 0 Å². The summed E-state index contributed by atoms with van der Waals surface area (Å²) in [6, 6.07) is 0. The lowest BCUT2D eigenvalue weighted by atomic mass is 10.0. The van der Waals surface area contributed by atoms with Gasteiger partial charge in [0, 0.05) is 12.0 Å². The number of cyclic esters (lactones) is 1. The van der Waals surface area contributed by atoms with Crippen molar-refractivity contribution in [2.45, 2.75) is 13.3 Å². The molecule has 1 rings (SSSR count). The van der Waals surface area contributed by atoms with E-state index < -0.39 is 0 Å². The highest BCUT2D eigenvalue weighted by Gasteiger charge is 2.18. The Kier molecular flexibility index (Phi) is 2.86. The smallest absolute Gasteiger partial charge is 0.334 e. The number of carbonyl (C=O) groups excluding carboxylic acids is 1. The topological polar surface area (TPSA) is 26.3 Å². The molecule has 0 aromatic carbocycles. The van der Waals surface area contributed by atoms with E-state index in [0.717, 1.165) is 11.1 Å². The predicted octanol–water partition coefficient (Wildman–Crippen LogP) is 1.99. The lowest BCUT2D eigenvalue weighted by molar-refractivity contribution is -0.139. The van der Waals surface area contributed by atoms with Gasteiger partial charge in [-0.2, -0.15) is 0 Å². The van der Waals surface area contributed by atoms with E-state index in [-0.39, 0.29) is 5.97 Å². The fraction of sp³-hybridized carbons (Fsp3) is 0.300. The lowest BCUT2D eigenvalue weighted by Crippen LogP contribution is -2.17. The molecule has 0 saturated carbocycles. The van der Waals surface area contributed by atoms with E-state index >= 15 is 0 Å². The molecule has 2 nitrogen and oxygen atoms in total. The highest BCUT2D eigenvalue weighted by Crippen LogP contribution is 2.18. The van der Waals surface area contributed by atoms with Gasteiger partial charge in [-0.3, -0.25) is 0 Å². The third kappa shape index (κ3) is 1.84. The minimum atomic E-state index is -0.196. The zero-order valence-corrected chi connectivity index (χ0v) is 7.17. The number of ether oxygens (including phenoxy) is 1. The zero-order chi connectivity index (χ0) is 8.97. The van der Waals surface area contributed by atoms with E-state index in [4.69, 9.17) is 4.74 Å². The fourth-order valence-corrected chi connectivity index (χ4v) is 1.11. The highest BCUT2D eigenvalue weighted by molar-refractivity contribution is 5.90. The van der Waals surface area contributed by atoms with Crippen LogP contribution in [0.1, 0.15) is 13.3 Å². The minimum absolute atomic E-state index is 0.196. The van der Waals surface area contributed by atoms with Crippen LogP contribution in [0.4, 0.5) is 0 Å². The third-order valence-corrected chi connectivity index (χ3v) is 1.77. The molecule has 1 fully saturated rings. The zero-order valence-electron chi connectivity index (χ0n) is 7.17. The molecule has 1 aliphatic heterocycles. The van der Waals surface area contributed by atoms with Crippen molar-refractivity contribution < 1.29 is 9.53 Å². The predicted molar refractivity (Wildman–Crippen MR) is 47.6 cm³/mol. The Hall–Kier alpha value is -1.31. The van der Waals surface area contributed by atoms with Crippen LogP contribution in [0.2, 0.25) is 0 Å². The first-order valence-corrected chi connectivity index (χ1v) is 3.90. The lowest BCUT2D eigenvalue weighted by Gasteiger charge is -2.16. The van der Waals surface area contributed by atoms with Gasteiger partial charge in [0.2, 0.25) is 0 Å². The molecule has 1 heterocycles. The van der Waals surface area contributed by atoms with Crippen LogP contribution in [-0.2, 0) is 9.53 Å². The Labute approximate surface area is 72.2 Å². The number of esters is 1. The summed E-state index contributed by atoms with van der Waals surface area (Å²) in [7, 11) is 0. The molecule has 0 N–H and O–H groups in total. The minimum Gasteiger partial charge on any atom is -0.458 e. The van der Waals surface area contributed by atoms with Gasteiger partial charge in [0.15, 0.2) is 0 Å². The van der Waals surface area contributed by atoms with Crippen LogP contribution in [0.5, 0.6) is 0 Å². The number of rotatable bonds is 1. The van der Waals surface area contributed by atoms with Gasteiger partial charge in [-0.15, -0.1) is 0 Å². The average molecular weight is 164 g/mol. The maximum atomic E-state index is 11.0. The van der Waals surface area contributed by atoms with E-state index in [0.29, 0.717) is 13.0 Å². The molecule has 0 aliphatic carbocycles. The maximum Gasteiger partial charge on any atom is 0.334 e. The van der Waals surface area contributed by atoms with Crippen LogP contribution in [0.15, 0.2) is 36.0 Å². The van der Waals surface area contributed by atoms with E-state index in [1.54, 1.807) is 12.2 Å². The monoisotopic (exact) mass is 164 g/mol. The molecule has 12 heavy (non-hydrogen) atoms. The molecule has 0 unspecified atom stereocenters. The molecule has 2 heteroatoms.